The van der Waals surface area contributed by atoms with Gasteiger partial charge < -0.3 is 14.7 Å². The third-order valence-electron chi connectivity index (χ3n) is 3.04. The van der Waals surface area contributed by atoms with Gasteiger partial charge in [-0.1, -0.05) is 13.8 Å². The second-order valence-corrected chi connectivity index (χ2v) is 5.90. The number of rotatable bonds is 0. The van der Waals surface area contributed by atoms with Crippen LogP contribution in [0.15, 0.2) is 0 Å². The van der Waals surface area contributed by atoms with Gasteiger partial charge in [0.1, 0.15) is 5.60 Å². The van der Waals surface area contributed by atoms with E-state index in [-0.39, 0.29) is 17.6 Å². The summed E-state index contributed by atoms with van der Waals surface area (Å²) in [4.78, 5) is 13.3. The van der Waals surface area contributed by atoms with Crippen molar-refractivity contribution in [2.45, 2.75) is 59.2 Å². The SMILES string of the molecule is CC.CC(C)(C)OC(=O)N1CC2(CC(O)C2)C1. The minimum Gasteiger partial charge on any atom is -0.444 e. The third-order valence-corrected chi connectivity index (χ3v) is 3.04. The number of likely N-dealkylation sites (tertiary alicyclic amines) is 1. The van der Waals surface area contributed by atoms with E-state index >= 15 is 0 Å². The van der Waals surface area contributed by atoms with E-state index < -0.39 is 5.60 Å². The molecule has 17 heavy (non-hydrogen) atoms. The molecule has 1 aliphatic heterocycles. The number of carbonyl (C=O) groups is 1. The lowest BCUT2D eigenvalue weighted by Crippen LogP contribution is -2.65. The van der Waals surface area contributed by atoms with Crippen LogP contribution in [0, 0.1) is 5.41 Å². The first kappa shape index (κ1) is 14.3. The third kappa shape index (κ3) is 3.35. The van der Waals surface area contributed by atoms with Gasteiger partial charge >= 0.3 is 6.09 Å². The summed E-state index contributed by atoms with van der Waals surface area (Å²) >= 11 is 0. The zero-order valence-corrected chi connectivity index (χ0v) is 11.6. The van der Waals surface area contributed by atoms with Crippen LogP contribution in [-0.2, 0) is 4.74 Å². The lowest BCUT2D eigenvalue weighted by Gasteiger charge is -2.57. The van der Waals surface area contributed by atoms with Gasteiger partial charge in [-0.05, 0) is 33.6 Å². The summed E-state index contributed by atoms with van der Waals surface area (Å²) in [6, 6.07) is 0. The molecule has 1 N–H and O–H groups in total. The van der Waals surface area contributed by atoms with E-state index in [0.29, 0.717) is 0 Å². The second kappa shape index (κ2) is 4.84. The van der Waals surface area contributed by atoms with Gasteiger partial charge in [0.25, 0.3) is 0 Å². The molecule has 0 radical (unpaired) electrons. The van der Waals surface area contributed by atoms with Gasteiger partial charge in [-0.25, -0.2) is 4.79 Å². The van der Waals surface area contributed by atoms with Crippen molar-refractivity contribution in [3.05, 3.63) is 0 Å². The molecule has 1 saturated carbocycles. The predicted molar refractivity (Wildman–Crippen MR) is 66.8 cm³/mol. The van der Waals surface area contributed by atoms with E-state index in [1.165, 1.54) is 0 Å². The van der Waals surface area contributed by atoms with Crippen molar-refractivity contribution in [2.75, 3.05) is 13.1 Å². The molecule has 0 aromatic rings. The van der Waals surface area contributed by atoms with E-state index in [1.807, 2.05) is 34.6 Å². The highest BCUT2D eigenvalue weighted by atomic mass is 16.6. The van der Waals surface area contributed by atoms with Gasteiger partial charge in [0, 0.05) is 18.5 Å². The average Bonchev–Trinajstić information content (AvgIpc) is 2.09. The summed E-state index contributed by atoms with van der Waals surface area (Å²) < 4.78 is 5.25. The number of aliphatic hydroxyl groups is 1. The maximum Gasteiger partial charge on any atom is 0.410 e. The fourth-order valence-corrected chi connectivity index (χ4v) is 2.42. The highest BCUT2D eigenvalue weighted by molar-refractivity contribution is 5.69. The molecule has 1 spiro atoms. The summed E-state index contributed by atoms with van der Waals surface area (Å²) in [6.45, 7) is 11.1. The molecule has 100 valence electrons. The van der Waals surface area contributed by atoms with Gasteiger partial charge in [0.15, 0.2) is 0 Å². The molecule has 2 aliphatic rings. The van der Waals surface area contributed by atoms with E-state index in [1.54, 1.807) is 4.90 Å². The van der Waals surface area contributed by atoms with Gasteiger partial charge in [-0.3, -0.25) is 0 Å². The van der Waals surface area contributed by atoms with Crippen molar-refractivity contribution in [3.8, 4) is 0 Å². The molecule has 4 heteroatoms. The summed E-state index contributed by atoms with van der Waals surface area (Å²) in [6.07, 6.45) is 1.30. The molecule has 0 bridgehead atoms. The van der Waals surface area contributed by atoms with Crippen molar-refractivity contribution in [3.63, 3.8) is 0 Å². The molecule has 4 nitrogen and oxygen atoms in total. The maximum atomic E-state index is 11.6. The fraction of sp³-hybridized carbons (Fsp3) is 0.923. The van der Waals surface area contributed by atoms with Crippen molar-refractivity contribution >= 4 is 6.09 Å². The molecule has 0 aromatic carbocycles. The van der Waals surface area contributed by atoms with Gasteiger partial charge in [0.05, 0.1) is 6.10 Å². The Morgan fingerprint density at radius 3 is 2.12 bits per heavy atom. The number of aliphatic hydroxyl groups excluding tert-OH is 1. The monoisotopic (exact) mass is 243 g/mol. The van der Waals surface area contributed by atoms with Crippen LogP contribution < -0.4 is 0 Å². The van der Waals surface area contributed by atoms with Crippen LogP contribution >= 0.6 is 0 Å². The van der Waals surface area contributed by atoms with Crippen LogP contribution in [0.1, 0.15) is 47.5 Å². The molecule has 1 heterocycles. The average molecular weight is 243 g/mol. The van der Waals surface area contributed by atoms with Crippen LogP contribution in [0.2, 0.25) is 0 Å². The molecule has 1 amide bonds. The lowest BCUT2D eigenvalue weighted by molar-refractivity contribution is -0.124. The molecule has 2 fully saturated rings. The van der Waals surface area contributed by atoms with Crippen LogP contribution in [0.25, 0.3) is 0 Å². The Labute approximate surface area is 104 Å². The Hall–Kier alpha value is -0.770. The van der Waals surface area contributed by atoms with Crippen LogP contribution in [0.3, 0.4) is 0 Å². The number of nitrogens with zero attached hydrogens (tertiary/aromatic N) is 1. The Bertz CT molecular complexity index is 269. The predicted octanol–water partition coefficient (Wildman–Crippen LogP) is 2.40. The molecule has 1 aliphatic carbocycles. The van der Waals surface area contributed by atoms with Gasteiger partial charge in [0.2, 0.25) is 0 Å². The first-order valence-electron chi connectivity index (χ1n) is 6.46. The number of hydrogen-bond donors (Lipinski definition) is 1. The molecule has 0 unspecified atom stereocenters. The quantitative estimate of drug-likeness (QED) is 0.710. The van der Waals surface area contributed by atoms with Crippen LogP contribution in [0.5, 0.6) is 0 Å². The molecule has 1 saturated heterocycles. The van der Waals surface area contributed by atoms with Gasteiger partial charge in [-0.15, -0.1) is 0 Å². The maximum absolute atomic E-state index is 11.6. The summed E-state index contributed by atoms with van der Waals surface area (Å²) in [5.41, 5.74) is -0.199. The smallest absolute Gasteiger partial charge is 0.410 e. The lowest BCUT2D eigenvalue weighted by atomic mass is 9.62. The molecule has 2 rings (SSSR count). The Morgan fingerprint density at radius 1 is 1.29 bits per heavy atom. The minimum absolute atomic E-state index is 0.147. The standard InChI is InChI=1S/C11H19NO3.C2H6/c1-10(2,3)15-9(14)12-6-11(7-12)4-8(13)5-11;1-2/h8,13H,4-7H2,1-3H3;1-2H3. The first-order chi connectivity index (χ1) is 7.80. The second-order valence-electron chi connectivity index (χ2n) is 5.90. The molecular weight excluding hydrogens is 218 g/mol. The number of ether oxygens (including phenoxy) is 1. The van der Waals surface area contributed by atoms with E-state index in [0.717, 1.165) is 25.9 Å². The van der Waals surface area contributed by atoms with E-state index in [9.17, 15) is 9.90 Å². The van der Waals surface area contributed by atoms with Crippen LogP contribution in [0.4, 0.5) is 4.79 Å². The molecule has 0 atom stereocenters. The van der Waals surface area contributed by atoms with Crippen molar-refractivity contribution in [2.24, 2.45) is 5.41 Å². The Kier molecular flexibility index (Phi) is 4.07. The fourth-order valence-electron chi connectivity index (χ4n) is 2.42. The van der Waals surface area contributed by atoms with Crippen molar-refractivity contribution in [1.82, 2.24) is 4.90 Å². The molecule has 0 aromatic heterocycles. The highest BCUT2D eigenvalue weighted by Crippen LogP contribution is 2.48. The first-order valence-corrected chi connectivity index (χ1v) is 6.46. The van der Waals surface area contributed by atoms with Crippen LogP contribution in [-0.4, -0.2) is 40.9 Å². The van der Waals surface area contributed by atoms with E-state index in [2.05, 4.69) is 0 Å². The Morgan fingerprint density at radius 2 is 1.76 bits per heavy atom. The zero-order valence-electron chi connectivity index (χ0n) is 11.6. The summed E-state index contributed by atoms with van der Waals surface area (Å²) in [7, 11) is 0. The Balaban J connectivity index is 0.000000686. The van der Waals surface area contributed by atoms with Crippen molar-refractivity contribution < 1.29 is 14.6 Å². The highest BCUT2D eigenvalue weighted by Gasteiger charge is 2.53. The number of amides is 1. The summed E-state index contributed by atoms with van der Waals surface area (Å²) in [5.74, 6) is 0. The topological polar surface area (TPSA) is 49.8 Å². The normalized spacial score (nSPS) is 22.1. The molecular formula is C13H25NO3. The minimum atomic E-state index is -0.418. The van der Waals surface area contributed by atoms with Crippen molar-refractivity contribution in [1.29, 1.82) is 0 Å². The number of hydrogen-bond acceptors (Lipinski definition) is 3. The summed E-state index contributed by atoms with van der Waals surface area (Å²) in [5, 5.41) is 9.23. The van der Waals surface area contributed by atoms with Gasteiger partial charge in [-0.2, -0.15) is 0 Å². The largest absolute Gasteiger partial charge is 0.444 e. The van der Waals surface area contributed by atoms with E-state index in [4.69, 9.17) is 4.74 Å². The zero-order chi connectivity index (χ0) is 13.3. The number of carbonyl (C=O) groups excluding carboxylic acids is 1.